The number of anilines is 1. The van der Waals surface area contributed by atoms with Crippen LogP contribution in [0.2, 0.25) is 0 Å². The molecule has 0 aliphatic carbocycles. The number of nitrogen functional groups attached to an aromatic ring is 1. The number of nitrogens with two attached hydrogens (primary N) is 1. The molecule has 0 aromatic heterocycles. The lowest BCUT2D eigenvalue weighted by atomic mass is 9.82. The van der Waals surface area contributed by atoms with Crippen LogP contribution in [0, 0.1) is 5.41 Å². The minimum Gasteiger partial charge on any atom is -0.482 e. The Bertz CT molecular complexity index is 469. The van der Waals surface area contributed by atoms with Gasteiger partial charge in [-0.15, -0.1) is 0 Å². The maximum absolute atomic E-state index is 12.2. The number of likely N-dealkylation sites (tertiary alicyclic amines) is 1. The zero-order valence-corrected chi connectivity index (χ0v) is 12.4. The Balaban J connectivity index is 1.89. The van der Waals surface area contributed by atoms with Crippen molar-refractivity contribution in [1.82, 2.24) is 4.90 Å². The van der Waals surface area contributed by atoms with Crippen molar-refractivity contribution >= 4 is 11.6 Å². The molecule has 2 rings (SSSR count). The first-order valence-corrected chi connectivity index (χ1v) is 7.35. The van der Waals surface area contributed by atoms with Crippen LogP contribution in [0.3, 0.4) is 0 Å². The predicted octanol–water partition coefficient (Wildman–Crippen LogP) is 2.69. The third-order valence-electron chi connectivity index (χ3n) is 4.56. The van der Waals surface area contributed by atoms with Gasteiger partial charge in [0.1, 0.15) is 5.75 Å². The van der Waals surface area contributed by atoms with E-state index >= 15 is 0 Å². The van der Waals surface area contributed by atoms with Crippen LogP contribution in [0.1, 0.15) is 33.1 Å². The smallest absolute Gasteiger partial charge is 0.260 e. The first-order valence-electron chi connectivity index (χ1n) is 7.35. The minimum atomic E-state index is 0.0528. The van der Waals surface area contributed by atoms with Crippen molar-refractivity contribution in [3.05, 3.63) is 24.3 Å². The topological polar surface area (TPSA) is 55.6 Å². The van der Waals surface area contributed by atoms with E-state index in [0.29, 0.717) is 16.9 Å². The molecule has 1 aromatic rings. The second-order valence-electron chi connectivity index (χ2n) is 5.60. The van der Waals surface area contributed by atoms with Gasteiger partial charge >= 0.3 is 0 Å². The van der Waals surface area contributed by atoms with E-state index in [4.69, 9.17) is 10.5 Å². The number of carbonyl (C=O) groups excluding carboxylic acids is 1. The number of nitrogens with zero attached hydrogens (tertiary/aromatic N) is 1. The molecule has 0 saturated carbocycles. The Hall–Kier alpha value is -1.71. The summed E-state index contributed by atoms with van der Waals surface area (Å²) in [6.45, 7) is 6.18. The highest BCUT2D eigenvalue weighted by Gasteiger charge is 2.36. The fourth-order valence-corrected chi connectivity index (χ4v) is 2.82. The molecule has 4 heteroatoms. The summed E-state index contributed by atoms with van der Waals surface area (Å²) in [5.74, 6) is 0.634. The summed E-state index contributed by atoms with van der Waals surface area (Å²) in [6, 6.07) is 7.26. The van der Waals surface area contributed by atoms with E-state index in [1.807, 2.05) is 17.0 Å². The van der Waals surface area contributed by atoms with Crippen LogP contribution in [-0.4, -0.2) is 30.5 Å². The number of rotatable bonds is 5. The van der Waals surface area contributed by atoms with Crippen molar-refractivity contribution in [2.45, 2.75) is 33.1 Å². The average molecular weight is 276 g/mol. The van der Waals surface area contributed by atoms with Gasteiger partial charge in [0.05, 0.1) is 5.69 Å². The predicted molar refractivity (Wildman–Crippen MR) is 80.6 cm³/mol. The molecule has 20 heavy (non-hydrogen) atoms. The molecule has 0 atom stereocenters. The van der Waals surface area contributed by atoms with E-state index < -0.39 is 0 Å². The summed E-state index contributed by atoms with van der Waals surface area (Å²) in [5, 5.41) is 0. The van der Waals surface area contributed by atoms with Crippen molar-refractivity contribution < 1.29 is 9.53 Å². The number of hydrogen-bond donors (Lipinski definition) is 1. The highest BCUT2D eigenvalue weighted by Crippen LogP contribution is 2.36. The van der Waals surface area contributed by atoms with Crippen molar-refractivity contribution in [1.29, 1.82) is 0 Å². The van der Waals surface area contributed by atoms with Crippen molar-refractivity contribution in [3.63, 3.8) is 0 Å². The molecule has 0 spiro atoms. The summed E-state index contributed by atoms with van der Waals surface area (Å²) in [6.07, 6.45) is 3.35. The standard InChI is InChI=1S/C16H24N2O2/c1-3-16(4-2)9-10-18(12-16)15(19)11-20-14-8-6-5-7-13(14)17/h5-8H,3-4,9-12,17H2,1-2H3. The van der Waals surface area contributed by atoms with Gasteiger partial charge in [0.2, 0.25) is 0 Å². The number of benzene rings is 1. The van der Waals surface area contributed by atoms with Crippen LogP contribution in [-0.2, 0) is 4.79 Å². The van der Waals surface area contributed by atoms with Gasteiger partial charge in [-0.25, -0.2) is 0 Å². The van der Waals surface area contributed by atoms with E-state index in [0.717, 1.165) is 32.4 Å². The molecule has 1 aliphatic rings. The number of ether oxygens (including phenoxy) is 1. The Morgan fingerprint density at radius 1 is 1.35 bits per heavy atom. The van der Waals surface area contributed by atoms with Gasteiger partial charge in [0, 0.05) is 13.1 Å². The van der Waals surface area contributed by atoms with Crippen molar-refractivity contribution in [2.24, 2.45) is 5.41 Å². The van der Waals surface area contributed by atoms with Crippen LogP contribution >= 0.6 is 0 Å². The lowest BCUT2D eigenvalue weighted by molar-refractivity contribution is -0.132. The molecule has 4 nitrogen and oxygen atoms in total. The van der Waals surface area contributed by atoms with Gasteiger partial charge in [-0.05, 0) is 36.8 Å². The second-order valence-corrected chi connectivity index (χ2v) is 5.60. The van der Waals surface area contributed by atoms with Crippen molar-refractivity contribution in [3.8, 4) is 5.75 Å². The fraction of sp³-hybridized carbons (Fsp3) is 0.562. The summed E-state index contributed by atoms with van der Waals surface area (Å²) in [5.41, 5.74) is 6.67. The van der Waals surface area contributed by atoms with E-state index in [2.05, 4.69) is 13.8 Å². The third kappa shape index (κ3) is 3.06. The largest absolute Gasteiger partial charge is 0.482 e. The maximum atomic E-state index is 12.2. The number of amides is 1. The Morgan fingerprint density at radius 2 is 2.05 bits per heavy atom. The zero-order chi connectivity index (χ0) is 14.6. The molecule has 1 saturated heterocycles. The SMILES string of the molecule is CCC1(CC)CCN(C(=O)COc2ccccc2N)C1. The second kappa shape index (κ2) is 6.16. The molecule has 110 valence electrons. The van der Waals surface area contributed by atoms with Gasteiger partial charge in [-0.3, -0.25) is 4.79 Å². The van der Waals surface area contributed by atoms with E-state index in [1.54, 1.807) is 12.1 Å². The molecule has 2 N–H and O–H groups in total. The summed E-state index contributed by atoms with van der Waals surface area (Å²) in [4.78, 5) is 14.1. The van der Waals surface area contributed by atoms with Gasteiger partial charge in [0.25, 0.3) is 5.91 Å². The first-order chi connectivity index (χ1) is 9.60. The first kappa shape index (κ1) is 14.7. The molecule has 1 amide bonds. The summed E-state index contributed by atoms with van der Waals surface area (Å²) in [7, 11) is 0. The van der Waals surface area contributed by atoms with Crippen LogP contribution in [0.4, 0.5) is 5.69 Å². The fourth-order valence-electron chi connectivity index (χ4n) is 2.82. The van der Waals surface area contributed by atoms with Crippen LogP contribution in [0.25, 0.3) is 0 Å². The summed E-state index contributed by atoms with van der Waals surface area (Å²) < 4.78 is 5.53. The van der Waals surface area contributed by atoms with Crippen LogP contribution in [0.15, 0.2) is 24.3 Å². The van der Waals surface area contributed by atoms with E-state index in [1.165, 1.54) is 0 Å². The van der Waals surface area contributed by atoms with Crippen LogP contribution < -0.4 is 10.5 Å². The molecule has 0 unspecified atom stereocenters. The third-order valence-corrected chi connectivity index (χ3v) is 4.56. The molecule has 1 fully saturated rings. The quantitative estimate of drug-likeness (QED) is 0.841. The van der Waals surface area contributed by atoms with E-state index in [-0.39, 0.29) is 12.5 Å². The Labute approximate surface area is 120 Å². The molecular weight excluding hydrogens is 252 g/mol. The van der Waals surface area contributed by atoms with Gasteiger partial charge in [0.15, 0.2) is 6.61 Å². The zero-order valence-electron chi connectivity index (χ0n) is 12.4. The molecule has 1 aliphatic heterocycles. The lowest BCUT2D eigenvalue weighted by Gasteiger charge is -2.26. The monoisotopic (exact) mass is 276 g/mol. The number of carbonyl (C=O) groups is 1. The van der Waals surface area contributed by atoms with Gasteiger partial charge in [-0.1, -0.05) is 26.0 Å². The normalized spacial score (nSPS) is 17.2. The van der Waals surface area contributed by atoms with E-state index in [9.17, 15) is 4.79 Å². The highest BCUT2D eigenvalue weighted by molar-refractivity contribution is 5.78. The van der Waals surface area contributed by atoms with Gasteiger partial charge in [-0.2, -0.15) is 0 Å². The van der Waals surface area contributed by atoms with Crippen molar-refractivity contribution in [2.75, 3.05) is 25.4 Å². The molecule has 0 bridgehead atoms. The summed E-state index contributed by atoms with van der Waals surface area (Å²) >= 11 is 0. The maximum Gasteiger partial charge on any atom is 0.260 e. The number of hydrogen-bond acceptors (Lipinski definition) is 3. The van der Waals surface area contributed by atoms with Gasteiger partial charge < -0.3 is 15.4 Å². The Kier molecular flexibility index (Phi) is 4.53. The molecule has 0 radical (unpaired) electrons. The number of para-hydroxylation sites is 2. The average Bonchev–Trinajstić information content (AvgIpc) is 2.91. The lowest BCUT2D eigenvalue weighted by Crippen LogP contribution is -2.35. The molecule has 1 aromatic carbocycles. The minimum absolute atomic E-state index is 0.0528. The molecular formula is C16H24N2O2. The Morgan fingerprint density at radius 3 is 2.65 bits per heavy atom. The molecule has 1 heterocycles. The van der Waals surface area contributed by atoms with Crippen LogP contribution in [0.5, 0.6) is 5.75 Å². The highest BCUT2D eigenvalue weighted by atomic mass is 16.5.